The number of fused-ring (bicyclic) bond motifs is 1. The molecule has 4 rings (SSSR count). The molecule has 0 unspecified atom stereocenters. The van der Waals surface area contributed by atoms with E-state index in [1.165, 1.54) is 16.1 Å². The minimum Gasteiger partial charge on any atom is -0.377 e. The number of nitrogens with zero attached hydrogens (tertiary/aromatic N) is 4. The molecule has 0 aromatic carbocycles. The molecule has 5 nitrogen and oxygen atoms in total. The van der Waals surface area contributed by atoms with Crippen LogP contribution in [0.2, 0.25) is 0 Å². The van der Waals surface area contributed by atoms with Crippen LogP contribution in [-0.4, -0.2) is 32.8 Å². The molecule has 26 heavy (non-hydrogen) atoms. The van der Waals surface area contributed by atoms with Crippen molar-refractivity contribution in [1.29, 1.82) is 0 Å². The van der Waals surface area contributed by atoms with Gasteiger partial charge in [-0.3, -0.25) is 14.6 Å². The zero-order valence-corrected chi connectivity index (χ0v) is 15.9. The normalized spacial score (nSPS) is 17.3. The van der Waals surface area contributed by atoms with Crippen molar-refractivity contribution < 1.29 is 4.74 Å². The standard InChI is InChI=1S/C20H24N4OS/c1-16-6-10-26-20(16)14-23-12-18-4-8-22-24(18)19(13-23)5-9-25-15-17-3-2-7-21-11-17/h2-4,6-8,10-11,19H,5,9,12-15H2,1H3/t19-/m1/s1. The third kappa shape index (κ3) is 4.03. The van der Waals surface area contributed by atoms with E-state index >= 15 is 0 Å². The van der Waals surface area contributed by atoms with Gasteiger partial charge in [0.1, 0.15) is 0 Å². The smallest absolute Gasteiger partial charge is 0.0731 e. The molecule has 0 saturated heterocycles. The van der Waals surface area contributed by atoms with Gasteiger partial charge in [-0.1, -0.05) is 6.07 Å². The van der Waals surface area contributed by atoms with Gasteiger partial charge in [0.15, 0.2) is 0 Å². The van der Waals surface area contributed by atoms with Gasteiger partial charge in [0.25, 0.3) is 0 Å². The third-order valence-electron chi connectivity index (χ3n) is 4.87. The fraction of sp³-hybridized carbons (Fsp3) is 0.400. The zero-order chi connectivity index (χ0) is 17.8. The Morgan fingerprint density at radius 2 is 2.23 bits per heavy atom. The van der Waals surface area contributed by atoms with Gasteiger partial charge in [-0.05, 0) is 48.1 Å². The molecule has 0 spiro atoms. The lowest BCUT2D eigenvalue weighted by molar-refractivity contribution is 0.0874. The number of hydrogen-bond donors (Lipinski definition) is 0. The predicted octanol–water partition coefficient (Wildman–Crippen LogP) is 3.81. The Morgan fingerprint density at radius 1 is 1.27 bits per heavy atom. The van der Waals surface area contributed by atoms with Crippen LogP contribution in [0.1, 0.15) is 34.2 Å². The van der Waals surface area contributed by atoms with Crippen LogP contribution in [-0.2, 0) is 24.4 Å². The van der Waals surface area contributed by atoms with Crippen molar-refractivity contribution in [2.24, 2.45) is 0 Å². The van der Waals surface area contributed by atoms with Crippen LogP contribution < -0.4 is 0 Å². The lowest BCUT2D eigenvalue weighted by Crippen LogP contribution is -2.37. The highest BCUT2D eigenvalue weighted by Gasteiger charge is 2.25. The summed E-state index contributed by atoms with van der Waals surface area (Å²) in [4.78, 5) is 8.12. The van der Waals surface area contributed by atoms with E-state index in [2.05, 4.69) is 44.1 Å². The van der Waals surface area contributed by atoms with Crippen molar-refractivity contribution in [3.63, 3.8) is 0 Å². The van der Waals surface area contributed by atoms with Crippen LogP contribution in [0, 0.1) is 6.92 Å². The van der Waals surface area contributed by atoms with E-state index in [-0.39, 0.29) is 0 Å². The number of aryl methyl sites for hydroxylation is 1. The van der Waals surface area contributed by atoms with E-state index in [0.717, 1.165) is 38.2 Å². The molecule has 1 atom stereocenters. The molecule has 0 N–H and O–H groups in total. The summed E-state index contributed by atoms with van der Waals surface area (Å²) in [5.41, 5.74) is 3.80. The van der Waals surface area contributed by atoms with Crippen molar-refractivity contribution in [1.82, 2.24) is 19.7 Å². The van der Waals surface area contributed by atoms with Gasteiger partial charge in [-0.2, -0.15) is 5.10 Å². The van der Waals surface area contributed by atoms with Crippen LogP contribution in [0.3, 0.4) is 0 Å². The topological polar surface area (TPSA) is 43.2 Å². The maximum atomic E-state index is 5.88. The first-order chi connectivity index (χ1) is 12.8. The molecule has 136 valence electrons. The highest BCUT2D eigenvalue weighted by molar-refractivity contribution is 7.10. The molecule has 0 bridgehead atoms. The quantitative estimate of drug-likeness (QED) is 0.595. The van der Waals surface area contributed by atoms with Gasteiger partial charge in [0.2, 0.25) is 0 Å². The van der Waals surface area contributed by atoms with E-state index in [9.17, 15) is 0 Å². The summed E-state index contributed by atoms with van der Waals surface area (Å²) in [6, 6.07) is 8.70. The second-order valence-electron chi connectivity index (χ2n) is 6.82. The molecule has 0 amide bonds. The van der Waals surface area contributed by atoms with Crippen molar-refractivity contribution in [3.05, 3.63) is 69.9 Å². The summed E-state index contributed by atoms with van der Waals surface area (Å²) in [5, 5.41) is 6.73. The number of aromatic nitrogens is 3. The van der Waals surface area contributed by atoms with Crippen molar-refractivity contribution in [2.75, 3.05) is 13.2 Å². The maximum Gasteiger partial charge on any atom is 0.0731 e. The molecule has 0 saturated carbocycles. The lowest BCUT2D eigenvalue weighted by Gasteiger charge is -2.33. The van der Waals surface area contributed by atoms with Crippen molar-refractivity contribution in [2.45, 2.75) is 39.1 Å². The van der Waals surface area contributed by atoms with Crippen molar-refractivity contribution in [3.8, 4) is 0 Å². The monoisotopic (exact) mass is 368 g/mol. The molecule has 0 radical (unpaired) electrons. The molecule has 3 aromatic heterocycles. The first kappa shape index (κ1) is 17.4. The minimum atomic E-state index is 0.364. The average Bonchev–Trinajstić information content (AvgIpc) is 3.29. The second-order valence-corrected chi connectivity index (χ2v) is 7.82. The van der Waals surface area contributed by atoms with E-state index in [0.29, 0.717) is 12.6 Å². The largest absolute Gasteiger partial charge is 0.377 e. The summed E-state index contributed by atoms with van der Waals surface area (Å²) in [7, 11) is 0. The Morgan fingerprint density at radius 3 is 3.04 bits per heavy atom. The molecule has 1 aliphatic rings. The minimum absolute atomic E-state index is 0.364. The van der Waals surface area contributed by atoms with E-state index < -0.39 is 0 Å². The summed E-state index contributed by atoms with van der Waals surface area (Å²) >= 11 is 1.85. The fourth-order valence-electron chi connectivity index (χ4n) is 3.46. The van der Waals surface area contributed by atoms with Crippen LogP contribution >= 0.6 is 11.3 Å². The fourth-order valence-corrected chi connectivity index (χ4v) is 4.41. The number of hydrogen-bond acceptors (Lipinski definition) is 5. The van der Waals surface area contributed by atoms with Crippen LogP contribution in [0.5, 0.6) is 0 Å². The zero-order valence-electron chi connectivity index (χ0n) is 15.0. The summed E-state index contributed by atoms with van der Waals surface area (Å²) < 4.78 is 8.06. The summed E-state index contributed by atoms with van der Waals surface area (Å²) in [6.07, 6.45) is 6.53. The second kappa shape index (κ2) is 8.12. The summed E-state index contributed by atoms with van der Waals surface area (Å²) in [6.45, 7) is 6.54. The molecular weight excluding hydrogens is 344 g/mol. The Labute approximate surface area is 158 Å². The molecule has 1 aliphatic heterocycles. The first-order valence-corrected chi connectivity index (χ1v) is 9.92. The SMILES string of the molecule is Cc1ccsc1CN1Cc2ccnn2[C@H](CCOCc2cccnc2)C1. The number of ether oxygens (including phenoxy) is 1. The van der Waals surface area contributed by atoms with Crippen LogP contribution in [0.25, 0.3) is 0 Å². The van der Waals surface area contributed by atoms with E-state index in [4.69, 9.17) is 4.74 Å². The van der Waals surface area contributed by atoms with Gasteiger partial charge < -0.3 is 4.74 Å². The van der Waals surface area contributed by atoms with Crippen LogP contribution in [0.15, 0.2) is 48.2 Å². The molecule has 3 aromatic rings. The summed E-state index contributed by atoms with van der Waals surface area (Å²) in [5.74, 6) is 0. The molecule has 0 fully saturated rings. The Balaban J connectivity index is 1.35. The highest BCUT2D eigenvalue weighted by atomic mass is 32.1. The van der Waals surface area contributed by atoms with Gasteiger partial charge in [-0.25, -0.2) is 0 Å². The van der Waals surface area contributed by atoms with Crippen molar-refractivity contribution >= 4 is 11.3 Å². The van der Waals surface area contributed by atoms with E-state index in [1.54, 1.807) is 6.20 Å². The van der Waals surface area contributed by atoms with Gasteiger partial charge >= 0.3 is 0 Å². The Bertz CT molecular complexity index is 829. The maximum absolute atomic E-state index is 5.88. The lowest BCUT2D eigenvalue weighted by atomic mass is 10.1. The average molecular weight is 369 g/mol. The predicted molar refractivity (Wildman–Crippen MR) is 103 cm³/mol. The molecule has 4 heterocycles. The van der Waals surface area contributed by atoms with Gasteiger partial charge in [-0.15, -0.1) is 11.3 Å². The Kier molecular flexibility index (Phi) is 5.43. The van der Waals surface area contributed by atoms with Crippen LogP contribution in [0.4, 0.5) is 0 Å². The third-order valence-corrected chi connectivity index (χ3v) is 5.88. The first-order valence-electron chi connectivity index (χ1n) is 9.04. The highest BCUT2D eigenvalue weighted by Crippen LogP contribution is 2.26. The van der Waals surface area contributed by atoms with Gasteiger partial charge in [0.05, 0.1) is 18.3 Å². The Hall–Kier alpha value is -2.02. The number of rotatable bonds is 7. The molecular formula is C20H24N4OS. The van der Waals surface area contributed by atoms with E-state index in [1.807, 2.05) is 35.9 Å². The molecule has 0 aliphatic carbocycles. The van der Waals surface area contributed by atoms with Gasteiger partial charge in [0, 0.05) is 49.7 Å². The number of thiophene rings is 1. The number of pyridine rings is 1. The molecule has 6 heteroatoms.